The van der Waals surface area contributed by atoms with Crippen LogP contribution in [0, 0.1) is 5.82 Å². The van der Waals surface area contributed by atoms with Gasteiger partial charge in [0, 0.05) is 18.2 Å². The minimum absolute atomic E-state index is 0.0885. The highest BCUT2D eigenvalue weighted by Crippen LogP contribution is 2.44. The molecule has 0 N–H and O–H groups in total. The maximum absolute atomic E-state index is 13.4. The zero-order valence-electron chi connectivity index (χ0n) is 16.8. The Morgan fingerprint density at radius 3 is 2.29 bits per heavy atom. The first-order valence-electron chi connectivity index (χ1n) is 9.18. The average molecular weight is 390 g/mol. The van der Waals surface area contributed by atoms with E-state index in [4.69, 9.17) is 18.9 Å². The van der Waals surface area contributed by atoms with E-state index in [-0.39, 0.29) is 11.7 Å². The SMILES string of the molecule is COCCOCCOc1cc(C(C)C)c(C=O)c(-c2ccc(F)cc2)c1OC. The summed E-state index contributed by atoms with van der Waals surface area (Å²) in [5, 5.41) is 0. The number of aldehydes is 1. The average Bonchev–Trinajstić information content (AvgIpc) is 2.70. The van der Waals surface area contributed by atoms with Gasteiger partial charge in [-0.05, 0) is 35.2 Å². The van der Waals surface area contributed by atoms with Crippen molar-refractivity contribution in [2.75, 3.05) is 40.6 Å². The molecule has 28 heavy (non-hydrogen) atoms. The Balaban J connectivity index is 2.44. The summed E-state index contributed by atoms with van der Waals surface area (Å²) in [6.07, 6.45) is 0.814. The van der Waals surface area contributed by atoms with Crippen LogP contribution in [-0.2, 0) is 9.47 Å². The fraction of sp³-hybridized carbons (Fsp3) is 0.409. The van der Waals surface area contributed by atoms with E-state index >= 15 is 0 Å². The minimum atomic E-state index is -0.347. The molecule has 2 rings (SSSR count). The number of methoxy groups -OCH3 is 2. The van der Waals surface area contributed by atoms with Gasteiger partial charge in [0.25, 0.3) is 0 Å². The zero-order valence-corrected chi connectivity index (χ0v) is 16.8. The topological polar surface area (TPSA) is 54.0 Å². The van der Waals surface area contributed by atoms with Crippen molar-refractivity contribution in [3.63, 3.8) is 0 Å². The number of hydrogen-bond acceptors (Lipinski definition) is 5. The van der Waals surface area contributed by atoms with Gasteiger partial charge < -0.3 is 18.9 Å². The van der Waals surface area contributed by atoms with Crippen LogP contribution < -0.4 is 9.47 Å². The van der Waals surface area contributed by atoms with Crippen molar-refractivity contribution in [1.29, 1.82) is 0 Å². The lowest BCUT2D eigenvalue weighted by molar-refractivity contribution is 0.0540. The van der Waals surface area contributed by atoms with E-state index in [9.17, 15) is 9.18 Å². The molecule has 0 unspecified atom stereocenters. The Kier molecular flexibility index (Phi) is 8.42. The quantitative estimate of drug-likeness (QED) is 0.418. The molecule has 0 aliphatic rings. The van der Waals surface area contributed by atoms with Crippen molar-refractivity contribution in [3.8, 4) is 22.6 Å². The Labute approximate surface area is 165 Å². The second-order valence-electron chi connectivity index (χ2n) is 6.52. The number of hydrogen-bond donors (Lipinski definition) is 0. The van der Waals surface area contributed by atoms with Crippen molar-refractivity contribution in [2.45, 2.75) is 19.8 Å². The molecule has 0 spiro atoms. The highest BCUT2D eigenvalue weighted by Gasteiger charge is 2.22. The van der Waals surface area contributed by atoms with Crippen LogP contribution in [-0.4, -0.2) is 46.9 Å². The molecule has 152 valence electrons. The Hall–Kier alpha value is -2.44. The third kappa shape index (κ3) is 5.30. The van der Waals surface area contributed by atoms with Crippen LogP contribution in [0.4, 0.5) is 4.39 Å². The monoisotopic (exact) mass is 390 g/mol. The molecule has 6 heteroatoms. The van der Waals surface area contributed by atoms with Gasteiger partial charge in [0.15, 0.2) is 17.8 Å². The van der Waals surface area contributed by atoms with Gasteiger partial charge in [-0.25, -0.2) is 4.39 Å². The predicted octanol–water partition coefficient (Wildman–Crippen LogP) is 4.48. The molecular weight excluding hydrogens is 363 g/mol. The third-order valence-corrected chi connectivity index (χ3v) is 4.31. The lowest BCUT2D eigenvalue weighted by Gasteiger charge is -2.21. The summed E-state index contributed by atoms with van der Waals surface area (Å²) in [5.41, 5.74) is 2.63. The predicted molar refractivity (Wildman–Crippen MR) is 106 cm³/mol. The number of carbonyl (C=O) groups excluding carboxylic acids is 1. The van der Waals surface area contributed by atoms with Crippen LogP contribution in [0.15, 0.2) is 30.3 Å². The number of benzene rings is 2. The molecule has 0 aromatic heterocycles. The van der Waals surface area contributed by atoms with E-state index in [0.717, 1.165) is 11.8 Å². The molecule has 0 radical (unpaired) electrons. The molecule has 0 saturated carbocycles. The summed E-state index contributed by atoms with van der Waals surface area (Å²) in [4.78, 5) is 11.9. The van der Waals surface area contributed by atoms with Crippen molar-refractivity contribution < 1.29 is 28.1 Å². The molecule has 0 aliphatic heterocycles. The first-order chi connectivity index (χ1) is 13.5. The summed E-state index contributed by atoms with van der Waals surface area (Å²) in [5.74, 6) is 0.701. The van der Waals surface area contributed by atoms with Crippen molar-refractivity contribution in [3.05, 3.63) is 47.3 Å². The number of rotatable bonds is 11. The molecule has 0 heterocycles. The molecule has 2 aromatic rings. The van der Waals surface area contributed by atoms with E-state index in [1.165, 1.54) is 19.2 Å². The van der Waals surface area contributed by atoms with Crippen molar-refractivity contribution in [1.82, 2.24) is 0 Å². The second-order valence-corrected chi connectivity index (χ2v) is 6.52. The summed E-state index contributed by atoms with van der Waals surface area (Å²) in [6, 6.07) is 7.80. The maximum Gasteiger partial charge on any atom is 0.169 e. The molecular formula is C22H27FO5. The van der Waals surface area contributed by atoms with Gasteiger partial charge in [-0.3, -0.25) is 4.79 Å². The van der Waals surface area contributed by atoms with E-state index in [0.29, 0.717) is 54.6 Å². The first-order valence-corrected chi connectivity index (χ1v) is 9.18. The third-order valence-electron chi connectivity index (χ3n) is 4.31. The van der Waals surface area contributed by atoms with Crippen LogP contribution in [0.25, 0.3) is 11.1 Å². The number of halogens is 1. The highest BCUT2D eigenvalue weighted by atomic mass is 19.1. The Morgan fingerprint density at radius 1 is 1.04 bits per heavy atom. The van der Waals surface area contributed by atoms with Gasteiger partial charge in [-0.1, -0.05) is 26.0 Å². The molecule has 0 fully saturated rings. The van der Waals surface area contributed by atoms with Crippen molar-refractivity contribution in [2.24, 2.45) is 0 Å². The lowest BCUT2D eigenvalue weighted by Crippen LogP contribution is -2.11. The maximum atomic E-state index is 13.4. The van der Waals surface area contributed by atoms with E-state index in [2.05, 4.69) is 0 Å². The van der Waals surface area contributed by atoms with Crippen LogP contribution >= 0.6 is 0 Å². The lowest BCUT2D eigenvalue weighted by atomic mass is 9.89. The largest absolute Gasteiger partial charge is 0.492 e. The smallest absolute Gasteiger partial charge is 0.169 e. The molecule has 2 aromatic carbocycles. The zero-order chi connectivity index (χ0) is 20.5. The summed E-state index contributed by atoms with van der Waals surface area (Å²) >= 11 is 0. The summed E-state index contributed by atoms with van der Waals surface area (Å²) in [7, 11) is 3.14. The second kappa shape index (κ2) is 10.8. The van der Waals surface area contributed by atoms with Crippen LogP contribution in [0.2, 0.25) is 0 Å². The van der Waals surface area contributed by atoms with Crippen molar-refractivity contribution >= 4 is 6.29 Å². The first kappa shape index (κ1) is 21.9. The van der Waals surface area contributed by atoms with Crippen LogP contribution in [0.5, 0.6) is 11.5 Å². The molecule has 5 nitrogen and oxygen atoms in total. The van der Waals surface area contributed by atoms with Gasteiger partial charge in [0.05, 0.1) is 26.9 Å². The minimum Gasteiger partial charge on any atom is -0.492 e. The van der Waals surface area contributed by atoms with Gasteiger partial charge in [0.1, 0.15) is 12.4 Å². The Morgan fingerprint density at radius 2 is 1.71 bits per heavy atom. The normalized spacial score (nSPS) is 10.9. The van der Waals surface area contributed by atoms with E-state index < -0.39 is 0 Å². The Bertz CT molecular complexity index is 771. The molecule has 0 atom stereocenters. The summed E-state index contributed by atoms with van der Waals surface area (Å²) < 4.78 is 35.3. The highest BCUT2D eigenvalue weighted by molar-refractivity contribution is 5.94. The molecule has 0 bridgehead atoms. The fourth-order valence-electron chi connectivity index (χ4n) is 2.95. The van der Waals surface area contributed by atoms with E-state index in [1.807, 2.05) is 19.9 Å². The number of ether oxygens (including phenoxy) is 4. The van der Waals surface area contributed by atoms with Crippen LogP contribution in [0.1, 0.15) is 35.7 Å². The van der Waals surface area contributed by atoms with Gasteiger partial charge in [-0.2, -0.15) is 0 Å². The molecule has 0 aliphatic carbocycles. The standard InChI is InChI=1S/C22H27FO5/c1-15(2)18-13-20(28-12-11-27-10-9-25-3)22(26-4)21(19(18)14-24)16-5-7-17(23)8-6-16/h5-8,13-15H,9-12H2,1-4H3. The fourth-order valence-corrected chi connectivity index (χ4v) is 2.95. The van der Waals surface area contributed by atoms with Crippen LogP contribution in [0.3, 0.4) is 0 Å². The molecule has 0 amide bonds. The van der Waals surface area contributed by atoms with Gasteiger partial charge >= 0.3 is 0 Å². The van der Waals surface area contributed by atoms with Gasteiger partial charge in [0.2, 0.25) is 0 Å². The summed E-state index contributed by atoms with van der Waals surface area (Å²) in [6.45, 7) is 5.72. The molecule has 0 saturated heterocycles. The number of carbonyl (C=O) groups is 1. The van der Waals surface area contributed by atoms with Gasteiger partial charge in [-0.15, -0.1) is 0 Å². The van der Waals surface area contributed by atoms with E-state index in [1.54, 1.807) is 19.2 Å².